The van der Waals surface area contributed by atoms with Gasteiger partial charge in [0.25, 0.3) is 5.69 Å². The summed E-state index contributed by atoms with van der Waals surface area (Å²) >= 11 is 0. The van der Waals surface area contributed by atoms with Gasteiger partial charge < -0.3 is 14.8 Å². The van der Waals surface area contributed by atoms with E-state index in [1.165, 1.54) is 12.1 Å². The first-order valence-electron chi connectivity index (χ1n) is 8.65. The highest BCUT2D eigenvalue weighted by atomic mass is 19.4. The Balaban J connectivity index is 2.14. The molecule has 1 atom stereocenters. The highest BCUT2D eigenvalue weighted by molar-refractivity contribution is 5.74. The van der Waals surface area contributed by atoms with Gasteiger partial charge in [-0.1, -0.05) is 12.1 Å². The number of amides is 1. The number of hydrogen-bond acceptors (Lipinski definition) is 6. The van der Waals surface area contributed by atoms with Gasteiger partial charge in [-0.3, -0.25) is 14.9 Å². The minimum atomic E-state index is -4.53. The smallest absolute Gasteiger partial charge is 0.416 e. The van der Waals surface area contributed by atoms with Gasteiger partial charge in [-0.15, -0.1) is 0 Å². The molecule has 30 heavy (non-hydrogen) atoms. The Morgan fingerprint density at radius 1 is 1.10 bits per heavy atom. The van der Waals surface area contributed by atoms with Crippen LogP contribution in [0.2, 0.25) is 0 Å². The Kier molecular flexibility index (Phi) is 7.34. The zero-order valence-electron chi connectivity index (χ0n) is 15.6. The molecular formula is C19H17F3N2O6. The monoisotopic (exact) mass is 426 g/mol. The average Bonchev–Trinajstić information content (AvgIpc) is 2.67. The van der Waals surface area contributed by atoms with Crippen molar-refractivity contribution in [2.24, 2.45) is 0 Å². The molecule has 0 saturated carbocycles. The average molecular weight is 426 g/mol. The van der Waals surface area contributed by atoms with Gasteiger partial charge in [0.05, 0.1) is 29.6 Å². The van der Waals surface area contributed by atoms with E-state index in [0.717, 1.165) is 36.4 Å². The second kappa shape index (κ2) is 9.72. The van der Waals surface area contributed by atoms with Crippen LogP contribution in [-0.2, 0) is 15.7 Å². The largest absolute Gasteiger partial charge is 0.466 e. The van der Waals surface area contributed by atoms with Crippen molar-refractivity contribution in [3.05, 3.63) is 69.8 Å². The second-order valence-corrected chi connectivity index (χ2v) is 5.97. The van der Waals surface area contributed by atoms with Gasteiger partial charge in [0, 0.05) is 12.1 Å². The summed E-state index contributed by atoms with van der Waals surface area (Å²) in [4.78, 5) is 34.0. The second-order valence-electron chi connectivity index (χ2n) is 5.97. The molecule has 0 aromatic heterocycles. The third-order valence-electron chi connectivity index (χ3n) is 3.87. The molecule has 0 aliphatic rings. The number of nitro groups is 1. The Hall–Kier alpha value is -3.63. The number of alkyl halides is 3. The minimum absolute atomic E-state index is 0.000374. The lowest BCUT2D eigenvalue weighted by Crippen LogP contribution is -2.33. The molecule has 8 nitrogen and oxygen atoms in total. The van der Waals surface area contributed by atoms with E-state index in [1.807, 2.05) is 0 Å². The molecule has 0 fully saturated rings. The Morgan fingerprint density at radius 3 is 2.20 bits per heavy atom. The summed E-state index contributed by atoms with van der Waals surface area (Å²) < 4.78 is 48.1. The number of halogens is 3. The van der Waals surface area contributed by atoms with E-state index in [-0.39, 0.29) is 30.0 Å². The topological polar surface area (TPSA) is 108 Å². The highest BCUT2D eigenvalue weighted by Crippen LogP contribution is 2.30. The Labute approximate surface area is 168 Å². The fraction of sp³-hybridized carbons (Fsp3) is 0.263. The summed E-state index contributed by atoms with van der Waals surface area (Å²) in [6, 6.07) is 7.60. The predicted octanol–water partition coefficient (Wildman–Crippen LogP) is 4.40. The molecule has 2 rings (SSSR count). The lowest BCUT2D eigenvalue weighted by atomic mass is 10.0. The number of esters is 1. The summed E-state index contributed by atoms with van der Waals surface area (Å²) in [6.07, 6.45) is -5.87. The number of carbonyl (C=O) groups excluding carboxylic acids is 2. The summed E-state index contributed by atoms with van der Waals surface area (Å²) in [7, 11) is 0. The standard InChI is InChI=1S/C19H17F3N2O6/c1-2-29-17(25)11-16(12-3-5-13(6-4-12)19(20,21)22)23-18(26)30-15-9-7-14(8-10-15)24(27)28/h3-10,16H,2,11H2,1H3,(H,23,26)/t16-/m0/s1. The van der Waals surface area contributed by atoms with Crippen LogP contribution in [0.1, 0.15) is 30.5 Å². The number of nitro benzene ring substituents is 1. The first-order chi connectivity index (χ1) is 14.1. The Bertz CT molecular complexity index is 898. The predicted molar refractivity (Wildman–Crippen MR) is 97.7 cm³/mol. The highest BCUT2D eigenvalue weighted by Gasteiger charge is 2.30. The molecule has 2 aromatic carbocycles. The van der Waals surface area contributed by atoms with Gasteiger partial charge in [-0.05, 0) is 36.8 Å². The zero-order chi connectivity index (χ0) is 22.3. The van der Waals surface area contributed by atoms with Crippen molar-refractivity contribution >= 4 is 17.7 Å². The van der Waals surface area contributed by atoms with Crippen molar-refractivity contribution < 1.29 is 37.2 Å². The van der Waals surface area contributed by atoms with Gasteiger partial charge >= 0.3 is 18.2 Å². The summed E-state index contributed by atoms with van der Waals surface area (Å²) in [6.45, 7) is 1.67. The third-order valence-corrected chi connectivity index (χ3v) is 3.87. The van der Waals surface area contributed by atoms with E-state index < -0.39 is 34.8 Å². The molecule has 0 radical (unpaired) electrons. The lowest BCUT2D eigenvalue weighted by Gasteiger charge is -2.19. The lowest BCUT2D eigenvalue weighted by molar-refractivity contribution is -0.384. The number of hydrogen-bond donors (Lipinski definition) is 1. The molecule has 0 unspecified atom stereocenters. The van der Waals surface area contributed by atoms with Gasteiger partial charge in [0.1, 0.15) is 5.75 Å². The van der Waals surface area contributed by atoms with Gasteiger partial charge in [-0.2, -0.15) is 13.2 Å². The number of nitrogens with one attached hydrogen (secondary N) is 1. The van der Waals surface area contributed by atoms with E-state index in [2.05, 4.69) is 5.32 Å². The van der Waals surface area contributed by atoms with E-state index in [9.17, 15) is 32.9 Å². The maximum atomic E-state index is 12.8. The van der Waals surface area contributed by atoms with Crippen molar-refractivity contribution in [2.45, 2.75) is 25.6 Å². The van der Waals surface area contributed by atoms with Gasteiger partial charge in [0.15, 0.2) is 0 Å². The Morgan fingerprint density at radius 2 is 1.70 bits per heavy atom. The molecule has 160 valence electrons. The van der Waals surface area contributed by atoms with Crippen LogP contribution < -0.4 is 10.1 Å². The molecular weight excluding hydrogens is 409 g/mol. The molecule has 2 aromatic rings. The van der Waals surface area contributed by atoms with Crippen LogP contribution in [-0.4, -0.2) is 23.6 Å². The first-order valence-corrected chi connectivity index (χ1v) is 8.65. The normalized spacial score (nSPS) is 12.0. The minimum Gasteiger partial charge on any atom is -0.466 e. The zero-order valence-corrected chi connectivity index (χ0v) is 15.6. The molecule has 0 bridgehead atoms. The maximum absolute atomic E-state index is 12.8. The van der Waals surface area contributed by atoms with Crippen LogP contribution >= 0.6 is 0 Å². The van der Waals surface area contributed by atoms with Crippen molar-refractivity contribution in [2.75, 3.05) is 6.61 Å². The van der Waals surface area contributed by atoms with Crippen LogP contribution in [0.3, 0.4) is 0 Å². The first kappa shape index (κ1) is 22.7. The maximum Gasteiger partial charge on any atom is 0.416 e. The van der Waals surface area contributed by atoms with Crippen molar-refractivity contribution in [3.8, 4) is 5.75 Å². The fourth-order valence-corrected chi connectivity index (χ4v) is 2.46. The molecule has 1 N–H and O–H groups in total. The molecule has 0 spiro atoms. The van der Waals surface area contributed by atoms with Gasteiger partial charge in [-0.25, -0.2) is 4.79 Å². The molecule has 0 saturated heterocycles. The third kappa shape index (κ3) is 6.47. The fourth-order valence-electron chi connectivity index (χ4n) is 2.46. The van der Waals surface area contributed by atoms with Crippen molar-refractivity contribution in [3.63, 3.8) is 0 Å². The van der Waals surface area contributed by atoms with Crippen molar-refractivity contribution in [1.82, 2.24) is 5.32 Å². The van der Waals surface area contributed by atoms with Crippen molar-refractivity contribution in [1.29, 1.82) is 0 Å². The quantitative estimate of drug-likeness (QED) is 0.400. The van der Waals surface area contributed by atoms with E-state index >= 15 is 0 Å². The SMILES string of the molecule is CCOC(=O)C[C@H](NC(=O)Oc1ccc([N+](=O)[O-])cc1)c1ccc(C(F)(F)F)cc1. The van der Waals surface area contributed by atoms with E-state index in [0.29, 0.717) is 0 Å². The molecule has 0 heterocycles. The van der Waals surface area contributed by atoms with E-state index in [4.69, 9.17) is 9.47 Å². The summed E-state index contributed by atoms with van der Waals surface area (Å²) in [5.41, 5.74) is -0.848. The van der Waals surface area contributed by atoms with Gasteiger partial charge in [0.2, 0.25) is 0 Å². The molecule has 0 aliphatic carbocycles. The number of non-ortho nitro benzene ring substituents is 1. The number of ether oxygens (including phenoxy) is 2. The van der Waals surface area contributed by atoms with Crippen LogP contribution in [0, 0.1) is 10.1 Å². The van der Waals surface area contributed by atoms with Crippen LogP contribution in [0.25, 0.3) is 0 Å². The van der Waals surface area contributed by atoms with Crippen LogP contribution in [0.4, 0.5) is 23.7 Å². The number of carbonyl (C=O) groups is 2. The number of rotatable bonds is 7. The number of nitrogens with zero attached hydrogens (tertiary/aromatic N) is 1. The molecule has 0 aliphatic heterocycles. The van der Waals surface area contributed by atoms with E-state index in [1.54, 1.807) is 6.92 Å². The summed E-state index contributed by atoms with van der Waals surface area (Å²) in [5, 5.41) is 13.0. The number of benzene rings is 2. The summed E-state index contributed by atoms with van der Waals surface area (Å²) in [5.74, 6) is -0.668. The van der Waals surface area contributed by atoms with Crippen LogP contribution in [0.15, 0.2) is 48.5 Å². The molecule has 11 heteroatoms. The van der Waals surface area contributed by atoms with Crippen LogP contribution in [0.5, 0.6) is 5.75 Å². The molecule has 1 amide bonds.